The van der Waals surface area contributed by atoms with Crippen molar-refractivity contribution in [2.45, 2.75) is 46.5 Å². The summed E-state index contributed by atoms with van der Waals surface area (Å²) in [4.78, 5) is 0. The van der Waals surface area contributed by atoms with Gasteiger partial charge >= 0.3 is 0 Å². The topological polar surface area (TPSA) is 0 Å². The van der Waals surface area contributed by atoms with Crippen molar-refractivity contribution in [3.05, 3.63) is 6.92 Å². The number of rotatable bonds is 1. The van der Waals surface area contributed by atoms with Crippen molar-refractivity contribution in [1.29, 1.82) is 0 Å². The van der Waals surface area contributed by atoms with Crippen molar-refractivity contribution >= 4 is 0 Å². The third kappa shape index (κ3) is 2.84. The fourth-order valence-electron chi connectivity index (χ4n) is 2.17. The van der Waals surface area contributed by atoms with E-state index < -0.39 is 0 Å². The highest BCUT2D eigenvalue weighted by molar-refractivity contribution is 4.82. The lowest BCUT2D eigenvalue weighted by molar-refractivity contribution is 0.269. The Hall–Kier alpha value is 0. The van der Waals surface area contributed by atoms with Crippen LogP contribution in [0.3, 0.4) is 0 Å². The average molecular weight is 153 g/mol. The van der Waals surface area contributed by atoms with E-state index in [4.69, 9.17) is 0 Å². The lowest BCUT2D eigenvalue weighted by Crippen LogP contribution is -2.15. The molecule has 1 fully saturated rings. The van der Waals surface area contributed by atoms with Crippen LogP contribution in [0.15, 0.2) is 0 Å². The highest BCUT2D eigenvalue weighted by Gasteiger charge is 2.27. The molecule has 0 aromatic heterocycles. The van der Waals surface area contributed by atoms with Crippen molar-refractivity contribution in [1.82, 2.24) is 0 Å². The maximum absolute atomic E-state index is 4.20. The maximum Gasteiger partial charge on any atom is -0.0380 e. The number of hydrogen-bond donors (Lipinski definition) is 0. The molecule has 1 aliphatic rings. The van der Waals surface area contributed by atoms with Crippen molar-refractivity contribution in [3.63, 3.8) is 0 Å². The molecule has 1 rings (SSSR count). The molecule has 11 heavy (non-hydrogen) atoms. The molecule has 1 radical (unpaired) electrons. The van der Waals surface area contributed by atoms with Gasteiger partial charge in [-0.05, 0) is 30.6 Å². The predicted molar refractivity (Wildman–Crippen MR) is 50.3 cm³/mol. The van der Waals surface area contributed by atoms with Crippen LogP contribution in [0.5, 0.6) is 0 Å². The molecule has 65 valence electrons. The van der Waals surface area contributed by atoms with Crippen LogP contribution < -0.4 is 0 Å². The summed E-state index contributed by atoms with van der Waals surface area (Å²) < 4.78 is 0. The van der Waals surface area contributed by atoms with E-state index in [2.05, 4.69) is 27.7 Å². The molecule has 0 bridgehead atoms. The van der Waals surface area contributed by atoms with Gasteiger partial charge in [0.15, 0.2) is 0 Å². The first-order valence-electron chi connectivity index (χ1n) is 4.82. The molecule has 0 aromatic rings. The van der Waals surface area contributed by atoms with Crippen LogP contribution in [0, 0.1) is 24.2 Å². The Morgan fingerprint density at radius 3 is 2.27 bits per heavy atom. The molecular weight excluding hydrogens is 132 g/mol. The summed E-state index contributed by atoms with van der Waals surface area (Å²) in [5.74, 6) is 1.66. The van der Waals surface area contributed by atoms with Crippen molar-refractivity contribution in [2.24, 2.45) is 17.3 Å². The van der Waals surface area contributed by atoms with Gasteiger partial charge in [-0.15, -0.1) is 0 Å². The fraction of sp³-hybridized carbons (Fsp3) is 0.909. The van der Waals surface area contributed by atoms with E-state index in [9.17, 15) is 0 Å². The van der Waals surface area contributed by atoms with Crippen LogP contribution in [-0.4, -0.2) is 0 Å². The molecule has 0 heteroatoms. The smallest absolute Gasteiger partial charge is 0.0380 e. The molecule has 0 heterocycles. The first-order chi connectivity index (χ1) is 4.99. The van der Waals surface area contributed by atoms with Crippen LogP contribution in [0.2, 0.25) is 0 Å². The van der Waals surface area contributed by atoms with Gasteiger partial charge in [-0.1, -0.05) is 40.0 Å². The molecule has 0 saturated heterocycles. The predicted octanol–water partition coefficient (Wildman–Crippen LogP) is 3.67. The lowest BCUT2D eigenvalue weighted by Gasteiger charge is -2.25. The summed E-state index contributed by atoms with van der Waals surface area (Å²) in [5.41, 5.74) is 0.505. The van der Waals surface area contributed by atoms with Gasteiger partial charge in [-0.25, -0.2) is 0 Å². The van der Waals surface area contributed by atoms with E-state index in [1.807, 2.05) is 0 Å². The van der Waals surface area contributed by atoms with E-state index in [0.29, 0.717) is 5.41 Å². The first-order valence-corrected chi connectivity index (χ1v) is 4.82. The van der Waals surface area contributed by atoms with Gasteiger partial charge in [0.25, 0.3) is 0 Å². The Labute approximate surface area is 71.4 Å². The second-order valence-electron chi connectivity index (χ2n) is 5.22. The molecule has 1 aliphatic carbocycles. The highest BCUT2D eigenvalue weighted by Crippen LogP contribution is 2.38. The van der Waals surface area contributed by atoms with Gasteiger partial charge in [0.1, 0.15) is 0 Å². The van der Waals surface area contributed by atoms with Crippen molar-refractivity contribution in [3.8, 4) is 0 Å². The first kappa shape index (κ1) is 9.09. The van der Waals surface area contributed by atoms with Crippen LogP contribution in [0.1, 0.15) is 46.5 Å². The van der Waals surface area contributed by atoms with Gasteiger partial charge in [0, 0.05) is 0 Å². The van der Waals surface area contributed by atoms with Crippen LogP contribution in [0.25, 0.3) is 0 Å². The molecular formula is C11H21. The largest absolute Gasteiger partial charge is 0.0602 e. The Bertz CT molecular complexity index is 118. The average Bonchev–Trinajstić information content (AvgIpc) is 2.12. The third-order valence-electron chi connectivity index (χ3n) is 2.69. The normalized spacial score (nSPS) is 32.7. The van der Waals surface area contributed by atoms with Gasteiger partial charge in [-0.2, -0.15) is 0 Å². The van der Waals surface area contributed by atoms with E-state index in [0.717, 1.165) is 11.8 Å². The second kappa shape index (κ2) is 3.16. The van der Waals surface area contributed by atoms with Gasteiger partial charge in [0.2, 0.25) is 0 Å². The van der Waals surface area contributed by atoms with Gasteiger partial charge in [0.05, 0.1) is 0 Å². The van der Waals surface area contributed by atoms with Crippen LogP contribution in [-0.2, 0) is 0 Å². The molecule has 2 unspecified atom stereocenters. The van der Waals surface area contributed by atoms with Crippen molar-refractivity contribution < 1.29 is 0 Å². The van der Waals surface area contributed by atoms with Crippen molar-refractivity contribution in [2.75, 3.05) is 0 Å². The van der Waals surface area contributed by atoms with E-state index in [1.165, 1.54) is 25.7 Å². The molecule has 0 spiro atoms. The third-order valence-corrected chi connectivity index (χ3v) is 2.69. The standard InChI is InChI=1S/C11H21/c1-9-6-5-7-10(9)8-11(2,3)4/h9-10H,1,5-8H2,2-4H3. The van der Waals surface area contributed by atoms with Gasteiger partial charge in [-0.3, -0.25) is 0 Å². The second-order valence-corrected chi connectivity index (χ2v) is 5.22. The summed E-state index contributed by atoms with van der Waals surface area (Å²) in [6, 6.07) is 0. The molecule has 0 nitrogen and oxygen atoms in total. The Morgan fingerprint density at radius 1 is 1.27 bits per heavy atom. The molecule has 2 atom stereocenters. The van der Waals surface area contributed by atoms with E-state index in [1.54, 1.807) is 0 Å². The quantitative estimate of drug-likeness (QED) is 0.539. The Balaban J connectivity index is 2.37. The summed E-state index contributed by atoms with van der Waals surface area (Å²) in [6.07, 6.45) is 5.56. The van der Waals surface area contributed by atoms with Crippen LogP contribution >= 0.6 is 0 Å². The summed E-state index contributed by atoms with van der Waals surface area (Å²) in [5, 5.41) is 0. The Morgan fingerprint density at radius 2 is 1.91 bits per heavy atom. The zero-order valence-corrected chi connectivity index (χ0v) is 8.19. The highest BCUT2D eigenvalue weighted by atomic mass is 14.3. The maximum atomic E-state index is 4.20. The molecule has 0 amide bonds. The van der Waals surface area contributed by atoms with E-state index in [-0.39, 0.29) is 0 Å². The molecule has 0 aromatic carbocycles. The monoisotopic (exact) mass is 153 g/mol. The SMILES string of the molecule is [CH2]C1CCCC1CC(C)(C)C. The number of hydrogen-bond acceptors (Lipinski definition) is 0. The fourth-order valence-corrected chi connectivity index (χ4v) is 2.17. The minimum atomic E-state index is 0.505. The molecule has 0 aliphatic heterocycles. The zero-order chi connectivity index (χ0) is 8.48. The van der Waals surface area contributed by atoms with E-state index >= 15 is 0 Å². The Kier molecular flexibility index (Phi) is 2.61. The van der Waals surface area contributed by atoms with Gasteiger partial charge < -0.3 is 0 Å². The van der Waals surface area contributed by atoms with Crippen LogP contribution in [0.4, 0.5) is 0 Å². The lowest BCUT2D eigenvalue weighted by atomic mass is 9.81. The molecule has 0 N–H and O–H groups in total. The molecule has 1 saturated carbocycles. The minimum absolute atomic E-state index is 0.505. The summed E-state index contributed by atoms with van der Waals surface area (Å²) in [6.45, 7) is 11.2. The summed E-state index contributed by atoms with van der Waals surface area (Å²) >= 11 is 0. The zero-order valence-electron chi connectivity index (χ0n) is 8.19. The minimum Gasteiger partial charge on any atom is -0.0602 e. The summed E-state index contributed by atoms with van der Waals surface area (Å²) in [7, 11) is 0.